The number of allylic oxidation sites excluding steroid dienone is 2. The van der Waals surface area contributed by atoms with Gasteiger partial charge in [-0.2, -0.15) is 0 Å². The molecule has 0 atom stereocenters. The van der Waals surface area contributed by atoms with Crippen molar-refractivity contribution in [3.05, 3.63) is 47.6 Å². The molecular formula is C14H12N2O4. The Bertz CT molecular complexity index is 593. The molecular weight excluding hydrogens is 260 g/mol. The Morgan fingerprint density at radius 3 is 2.15 bits per heavy atom. The van der Waals surface area contributed by atoms with Gasteiger partial charge in [0.2, 0.25) is 0 Å². The number of methoxy groups -OCH3 is 1. The molecule has 6 nitrogen and oxygen atoms in total. The Kier molecular flexibility index (Phi) is 3.95. The molecule has 0 spiro atoms. The number of rotatable bonds is 3. The molecule has 0 unspecified atom stereocenters. The Morgan fingerprint density at radius 2 is 1.60 bits per heavy atom. The molecule has 2 N–H and O–H groups in total. The van der Waals surface area contributed by atoms with Gasteiger partial charge in [-0.25, -0.2) is 4.79 Å². The summed E-state index contributed by atoms with van der Waals surface area (Å²) in [5, 5.41) is 3.99. The number of carbonyl (C=O) groups is 3. The molecule has 6 heteroatoms. The predicted octanol–water partition coefficient (Wildman–Crippen LogP) is 1.00. The van der Waals surface area contributed by atoms with Crippen LogP contribution >= 0.6 is 0 Å². The van der Waals surface area contributed by atoms with Crippen molar-refractivity contribution in [3.8, 4) is 5.75 Å². The number of urea groups is 1. The van der Waals surface area contributed by atoms with E-state index in [0.29, 0.717) is 0 Å². The zero-order valence-corrected chi connectivity index (χ0v) is 10.7. The lowest BCUT2D eigenvalue weighted by Gasteiger charge is -2.12. The van der Waals surface area contributed by atoms with Gasteiger partial charge in [0.05, 0.1) is 7.11 Å². The normalized spacial score (nSPS) is 15.1. The number of imide groups is 2. The smallest absolute Gasteiger partial charge is 0.328 e. The zero-order valence-electron chi connectivity index (χ0n) is 10.7. The van der Waals surface area contributed by atoms with Crippen molar-refractivity contribution in [1.82, 2.24) is 10.6 Å². The maximum atomic E-state index is 11.4. The van der Waals surface area contributed by atoms with Gasteiger partial charge in [-0.3, -0.25) is 20.2 Å². The van der Waals surface area contributed by atoms with Crippen LogP contribution in [-0.2, 0) is 9.59 Å². The molecule has 20 heavy (non-hydrogen) atoms. The second-order valence-corrected chi connectivity index (χ2v) is 3.95. The molecule has 1 fully saturated rings. The fourth-order valence-corrected chi connectivity index (χ4v) is 1.60. The van der Waals surface area contributed by atoms with E-state index in [4.69, 9.17) is 4.74 Å². The van der Waals surface area contributed by atoms with Gasteiger partial charge >= 0.3 is 6.03 Å². The molecule has 2 rings (SSSR count). The fraction of sp³-hybridized carbons (Fsp3) is 0.0714. The topological polar surface area (TPSA) is 84.5 Å². The van der Waals surface area contributed by atoms with Crippen molar-refractivity contribution in [1.29, 1.82) is 0 Å². The van der Waals surface area contributed by atoms with E-state index >= 15 is 0 Å². The quantitative estimate of drug-likeness (QED) is 0.635. The maximum absolute atomic E-state index is 11.4. The van der Waals surface area contributed by atoms with Gasteiger partial charge in [-0.05, 0) is 23.8 Å². The van der Waals surface area contributed by atoms with Crippen LogP contribution in [0.3, 0.4) is 0 Å². The molecule has 1 aromatic rings. The van der Waals surface area contributed by atoms with E-state index < -0.39 is 17.8 Å². The molecule has 0 saturated carbocycles. The highest BCUT2D eigenvalue weighted by molar-refractivity contribution is 6.29. The summed E-state index contributed by atoms with van der Waals surface area (Å²) >= 11 is 0. The number of carbonyl (C=O) groups excluding carboxylic acids is 3. The first kappa shape index (κ1) is 13.5. The van der Waals surface area contributed by atoms with E-state index in [2.05, 4.69) is 0 Å². The predicted molar refractivity (Wildman–Crippen MR) is 71.8 cm³/mol. The summed E-state index contributed by atoms with van der Waals surface area (Å²) in [7, 11) is 1.58. The van der Waals surface area contributed by atoms with Crippen LogP contribution < -0.4 is 15.4 Å². The summed E-state index contributed by atoms with van der Waals surface area (Å²) in [6.07, 6.45) is 4.64. The Morgan fingerprint density at radius 1 is 1.00 bits per heavy atom. The molecule has 1 aromatic carbocycles. The van der Waals surface area contributed by atoms with Crippen LogP contribution in [-0.4, -0.2) is 25.0 Å². The second-order valence-electron chi connectivity index (χ2n) is 3.95. The van der Waals surface area contributed by atoms with E-state index in [1.807, 2.05) is 22.8 Å². The number of nitrogens with one attached hydrogen (secondary N) is 2. The van der Waals surface area contributed by atoms with Crippen molar-refractivity contribution < 1.29 is 19.1 Å². The van der Waals surface area contributed by atoms with Gasteiger partial charge in [0.1, 0.15) is 11.3 Å². The largest absolute Gasteiger partial charge is 0.497 e. The van der Waals surface area contributed by atoms with Crippen molar-refractivity contribution in [2.45, 2.75) is 0 Å². The monoisotopic (exact) mass is 272 g/mol. The number of amides is 4. The minimum Gasteiger partial charge on any atom is -0.497 e. The lowest BCUT2D eigenvalue weighted by molar-refractivity contribution is -0.124. The first-order valence-electron chi connectivity index (χ1n) is 5.79. The summed E-state index contributed by atoms with van der Waals surface area (Å²) in [5.74, 6) is -0.679. The van der Waals surface area contributed by atoms with Crippen molar-refractivity contribution in [2.75, 3.05) is 7.11 Å². The minimum atomic E-state index is -0.809. The second kappa shape index (κ2) is 5.83. The van der Waals surface area contributed by atoms with Gasteiger partial charge in [-0.15, -0.1) is 0 Å². The van der Waals surface area contributed by atoms with Gasteiger partial charge in [0.25, 0.3) is 11.8 Å². The fourth-order valence-electron chi connectivity index (χ4n) is 1.60. The first-order valence-corrected chi connectivity index (χ1v) is 5.79. The van der Waals surface area contributed by atoms with Gasteiger partial charge in [-0.1, -0.05) is 24.3 Å². The molecule has 1 heterocycles. The molecule has 0 radical (unpaired) electrons. The standard InChI is InChI=1S/C14H12N2O4/c1-20-10-7-5-9(6-8-10)3-2-4-11-12(17)15-14(19)16-13(11)18/h2-8H,1H3,(H2,15,16,17,18,19)/b3-2+. The van der Waals surface area contributed by atoms with E-state index in [1.165, 1.54) is 6.08 Å². The van der Waals surface area contributed by atoms with E-state index in [1.54, 1.807) is 31.4 Å². The zero-order chi connectivity index (χ0) is 14.5. The van der Waals surface area contributed by atoms with Gasteiger partial charge in [0.15, 0.2) is 0 Å². The number of hydrogen-bond acceptors (Lipinski definition) is 4. The SMILES string of the molecule is COc1ccc(/C=C/C=C2C(=O)NC(=O)NC2=O)cc1. The van der Waals surface area contributed by atoms with Crippen LogP contribution in [0.15, 0.2) is 42.0 Å². The summed E-state index contributed by atoms with van der Waals surface area (Å²) in [4.78, 5) is 33.7. The van der Waals surface area contributed by atoms with E-state index in [0.717, 1.165) is 11.3 Å². The van der Waals surface area contributed by atoms with Gasteiger partial charge < -0.3 is 4.74 Å². The minimum absolute atomic E-state index is 0.116. The molecule has 4 amide bonds. The summed E-state index contributed by atoms with van der Waals surface area (Å²) in [6.45, 7) is 0. The third-order valence-electron chi connectivity index (χ3n) is 2.61. The van der Waals surface area contributed by atoms with Crippen LogP contribution in [0, 0.1) is 0 Å². The first-order chi connectivity index (χ1) is 9.60. The highest BCUT2D eigenvalue weighted by Crippen LogP contribution is 2.12. The van der Waals surface area contributed by atoms with Crippen LogP contribution in [0.5, 0.6) is 5.75 Å². The van der Waals surface area contributed by atoms with Crippen LogP contribution in [0.4, 0.5) is 4.79 Å². The molecule has 102 valence electrons. The van der Waals surface area contributed by atoms with Crippen molar-refractivity contribution >= 4 is 23.9 Å². The number of benzene rings is 1. The third kappa shape index (κ3) is 3.11. The maximum Gasteiger partial charge on any atom is 0.328 e. The Labute approximate surface area is 115 Å². The van der Waals surface area contributed by atoms with Gasteiger partial charge in [0, 0.05) is 0 Å². The van der Waals surface area contributed by atoms with Crippen LogP contribution in [0.1, 0.15) is 5.56 Å². The average Bonchev–Trinajstić information content (AvgIpc) is 2.42. The number of hydrogen-bond donors (Lipinski definition) is 2. The Balaban J connectivity index is 2.10. The molecule has 1 saturated heterocycles. The third-order valence-corrected chi connectivity index (χ3v) is 2.61. The molecule has 1 aliphatic heterocycles. The van der Waals surface area contributed by atoms with Crippen molar-refractivity contribution in [2.24, 2.45) is 0 Å². The molecule has 1 aliphatic rings. The Hall–Kier alpha value is -2.89. The highest BCUT2D eigenvalue weighted by atomic mass is 16.5. The number of barbiturate groups is 1. The lowest BCUT2D eigenvalue weighted by Crippen LogP contribution is -2.51. The van der Waals surface area contributed by atoms with Crippen LogP contribution in [0.2, 0.25) is 0 Å². The molecule has 0 aliphatic carbocycles. The lowest BCUT2D eigenvalue weighted by atomic mass is 10.1. The summed E-state index contributed by atoms with van der Waals surface area (Å²) in [6, 6.07) is 6.45. The number of ether oxygens (including phenoxy) is 1. The molecule has 0 aromatic heterocycles. The van der Waals surface area contributed by atoms with E-state index in [-0.39, 0.29) is 5.57 Å². The summed E-state index contributed by atoms with van der Waals surface area (Å²) in [5.41, 5.74) is 0.768. The van der Waals surface area contributed by atoms with Crippen LogP contribution in [0.25, 0.3) is 6.08 Å². The average molecular weight is 272 g/mol. The van der Waals surface area contributed by atoms with Crippen molar-refractivity contribution in [3.63, 3.8) is 0 Å². The summed E-state index contributed by atoms with van der Waals surface area (Å²) < 4.78 is 5.03. The highest BCUT2D eigenvalue weighted by Gasteiger charge is 2.26. The van der Waals surface area contributed by atoms with E-state index in [9.17, 15) is 14.4 Å². The molecule has 0 bridgehead atoms.